The highest BCUT2D eigenvalue weighted by atomic mass is 79.9. The second kappa shape index (κ2) is 6.83. The van der Waals surface area contributed by atoms with Gasteiger partial charge in [0.15, 0.2) is 0 Å². The molecule has 7 heteroatoms. The van der Waals surface area contributed by atoms with E-state index < -0.39 is 12.0 Å². The quantitative estimate of drug-likeness (QED) is 0.713. The maximum Gasteiger partial charge on any atom is 0.337 e. The van der Waals surface area contributed by atoms with Crippen molar-refractivity contribution in [2.45, 2.75) is 25.8 Å². The number of hydrogen-bond donors (Lipinski definition) is 3. The number of methoxy groups -OCH3 is 1. The lowest BCUT2D eigenvalue weighted by atomic mass is 9.94. The average Bonchev–Trinajstić information content (AvgIpc) is 2.49. The number of phenols is 1. The molecule has 0 saturated heterocycles. The Labute approximate surface area is 136 Å². The number of urea groups is 1. The van der Waals surface area contributed by atoms with Crippen LogP contribution in [0.2, 0.25) is 0 Å². The molecule has 2 rings (SSSR count). The van der Waals surface area contributed by atoms with Gasteiger partial charge < -0.3 is 20.5 Å². The summed E-state index contributed by atoms with van der Waals surface area (Å²) in [5, 5.41) is 15.0. The Morgan fingerprint density at radius 2 is 2.18 bits per heavy atom. The van der Waals surface area contributed by atoms with Crippen LogP contribution in [-0.4, -0.2) is 24.2 Å². The molecule has 0 bridgehead atoms. The molecule has 0 spiro atoms. The number of ether oxygens (including phenoxy) is 1. The SMILES string of the molecule is CCCC1=C(C(=O)OC)C(c2ccc(O)c(Br)c2)NC(=O)N1. The Balaban J connectivity index is 2.53. The molecule has 1 aromatic rings. The fraction of sp³-hybridized carbons (Fsp3) is 0.333. The average molecular weight is 369 g/mol. The number of esters is 1. The number of nitrogens with one attached hydrogen (secondary N) is 2. The zero-order valence-electron chi connectivity index (χ0n) is 12.3. The van der Waals surface area contributed by atoms with Crippen LogP contribution < -0.4 is 10.6 Å². The molecule has 1 aliphatic rings. The van der Waals surface area contributed by atoms with Crippen molar-refractivity contribution in [3.8, 4) is 5.75 Å². The number of halogens is 1. The summed E-state index contributed by atoms with van der Waals surface area (Å²) in [4.78, 5) is 24.0. The number of rotatable bonds is 4. The van der Waals surface area contributed by atoms with Gasteiger partial charge in [-0.3, -0.25) is 0 Å². The highest BCUT2D eigenvalue weighted by Gasteiger charge is 2.33. The molecule has 0 saturated carbocycles. The van der Waals surface area contributed by atoms with Gasteiger partial charge in [0.2, 0.25) is 0 Å². The molecule has 2 amide bonds. The van der Waals surface area contributed by atoms with Crippen LogP contribution >= 0.6 is 15.9 Å². The molecule has 3 N–H and O–H groups in total. The first-order chi connectivity index (χ1) is 10.5. The summed E-state index contributed by atoms with van der Waals surface area (Å²) >= 11 is 3.24. The van der Waals surface area contributed by atoms with Crippen LogP contribution in [0.5, 0.6) is 5.75 Å². The van der Waals surface area contributed by atoms with E-state index in [4.69, 9.17) is 4.74 Å². The van der Waals surface area contributed by atoms with Gasteiger partial charge in [-0.25, -0.2) is 9.59 Å². The number of phenolic OH excluding ortho intramolecular Hbond substituents is 1. The summed E-state index contributed by atoms with van der Waals surface area (Å²) in [5.74, 6) is -0.411. The highest BCUT2D eigenvalue weighted by Crippen LogP contribution is 2.33. The molecule has 6 nitrogen and oxygen atoms in total. The Morgan fingerprint density at radius 1 is 1.45 bits per heavy atom. The van der Waals surface area contributed by atoms with Gasteiger partial charge in [0.05, 0.1) is 23.2 Å². The van der Waals surface area contributed by atoms with Crippen molar-refractivity contribution in [3.63, 3.8) is 0 Å². The standard InChI is InChI=1S/C15H17BrN2O4/c1-3-4-10-12(14(20)22-2)13(18-15(21)17-10)8-5-6-11(19)9(16)7-8/h5-7,13,19H,3-4H2,1-2H3,(H2,17,18,21). The largest absolute Gasteiger partial charge is 0.507 e. The van der Waals surface area contributed by atoms with Crippen LogP contribution in [0.25, 0.3) is 0 Å². The fourth-order valence-corrected chi connectivity index (χ4v) is 2.77. The number of carbonyl (C=O) groups is 2. The number of aromatic hydroxyl groups is 1. The van der Waals surface area contributed by atoms with Crippen molar-refractivity contribution in [1.29, 1.82) is 0 Å². The van der Waals surface area contributed by atoms with Crippen LogP contribution in [0.1, 0.15) is 31.4 Å². The first kappa shape index (κ1) is 16.4. The Morgan fingerprint density at radius 3 is 2.77 bits per heavy atom. The molecule has 1 aliphatic heterocycles. The number of amides is 2. The van der Waals surface area contributed by atoms with Gasteiger partial charge in [-0.2, -0.15) is 0 Å². The van der Waals surface area contributed by atoms with E-state index in [0.717, 1.165) is 6.42 Å². The zero-order valence-corrected chi connectivity index (χ0v) is 13.9. The molecule has 1 unspecified atom stereocenters. The molecule has 118 valence electrons. The lowest BCUT2D eigenvalue weighted by molar-refractivity contribution is -0.136. The molecule has 1 aromatic carbocycles. The lowest BCUT2D eigenvalue weighted by Gasteiger charge is -2.29. The maximum atomic E-state index is 12.2. The minimum absolute atomic E-state index is 0.0846. The van der Waals surface area contributed by atoms with E-state index in [1.807, 2.05) is 6.92 Å². The van der Waals surface area contributed by atoms with Crippen molar-refractivity contribution < 1.29 is 19.4 Å². The summed E-state index contributed by atoms with van der Waals surface area (Å²) in [6.45, 7) is 1.96. The third-order valence-electron chi connectivity index (χ3n) is 3.36. The fourth-order valence-electron chi connectivity index (χ4n) is 2.37. The monoisotopic (exact) mass is 368 g/mol. The third kappa shape index (κ3) is 3.24. The minimum Gasteiger partial charge on any atom is -0.507 e. The number of benzene rings is 1. The second-order valence-electron chi connectivity index (χ2n) is 4.88. The van der Waals surface area contributed by atoms with E-state index in [2.05, 4.69) is 26.6 Å². The number of allylic oxidation sites excluding steroid dienone is 1. The molecule has 22 heavy (non-hydrogen) atoms. The molecule has 0 aliphatic carbocycles. The van der Waals surface area contributed by atoms with Gasteiger partial charge in [0, 0.05) is 5.70 Å². The molecular weight excluding hydrogens is 352 g/mol. The van der Waals surface area contributed by atoms with E-state index >= 15 is 0 Å². The summed E-state index contributed by atoms with van der Waals surface area (Å²) in [5.41, 5.74) is 1.61. The van der Waals surface area contributed by atoms with Crippen molar-refractivity contribution >= 4 is 27.9 Å². The first-order valence-corrected chi connectivity index (χ1v) is 7.64. The van der Waals surface area contributed by atoms with E-state index in [-0.39, 0.29) is 11.8 Å². The van der Waals surface area contributed by atoms with Crippen LogP contribution in [0.15, 0.2) is 33.9 Å². The van der Waals surface area contributed by atoms with Gasteiger partial charge in [0.25, 0.3) is 0 Å². The van der Waals surface area contributed by atoms with Crippen molar-refractivity contribution in [1.82, 2.24) is 10.6 Å². The summed E-state index contributed by atoms with van der Waals surface area (Å²) in [6, 6.07) is 3.83. The van der Waals surface area contributed by atoms with E-state index in [1.165, 1.54) is 13.2 Å². The maximum absolute atomic E-state index is 12.2. The number of hydrogen-bond acceptors (Lipinski definition) is 4. The van der Waals surface area contributed by atoms with E-state index in [9.17, 15) is 14.7 Å². The van der Waals surface area contributed by atoms with Crippen LogP contribution in [0, 0.1) is 0 Å². The Hall–Kier alpha value is -2.02. The van der Waals surface area contributed by atoms with E-state index in [1.54, 1.807) is 12.1 Å². The minimum atomic E-state index is -0.625. The molecule has 0 aromatic heterocycles. The van der Waals surface area contributed by atoms with Crippen LogP contribution in [0.3, 0.4) is 0 Å². The van der Waals surface area contributed by atoms with Gasteiger partial charge >= 0.3 is 12.0 Å². The Kier molecular flexibility index (Phi) is 5.07. The van der Waals surface area contributed by atoms with Crippen LogP contribution in [0.4, 0.5) is 4.79 Å². The van der Waals surface area contributed by atoms with Gasteiger partial charge in [-0.15, -0.1) is 0 Å². The summed E-state index contributed by atoms with van der Waals surface area (Å²) in [7, 11) is 1.30. The third-order valence-corrected chi connectivity index (χ3v) is 4.00. The van der Waals surface area contributed by atoms with Gasteiger partial charge in [-0.05, 0) is 40.0 Å². The van der Waals surface area contributed by atoms with Crippen molar-refractivity contribution in [2.75, 3.05) is 7.11 Å². The lowest BCUT2D eigenvalue weighted by Crippen LogP contribution is -2.45. The smallest absolute Gasteiger partial charge is 0.337 e. The second-order valence-corrected chi connectivity index (χ2v) is 5.73. The molecule has 0 fully saturated rings. The van der Waals surface area contributed by atoms with Gasteiger partial charge in [0.1, 0.15) is 5.75 Å². The molecule has 1 heterocycles. The highest BCUT2D eigenvalue weighted by molar-refractivity contribution is 9.10. The van der Waals surface area contributed by atoms with Crippen LogP contribution in [-0.2, 0) is 9.53 Å². The summed E-state index contributed by atoms with van der Waals surface area (Å²) < 4.78 is 5.34. The number of carbonyl (C=O) groups excluding carboxylic acids is 2. The molecule has 0 radical (unpaired) electrons. The summed E-state index contributed by atoms with van der Waals surface area (Å²) in [6.07, 6.45) is 1.34. The Bertz CT molecular complexity index is 642. The zero-order chi connectivity index (χ0) is 16.3. The van der Waals surface area contributed by atoms with E-state index in [0.29, 0.717) is 27.7 Å². The predicted octanol–water partition coefficient (Wildman–Crippen LogP) is 2.74. The predicted molar refractivity (Wildman–Crippen MR) is 84.2 cm³/mol. The topological polar surface area (TPSA) is 87.7 Å². The normalized spacial score (nSPS) is 17.8. The first-order valence-electron chi connectivity index (χ1n) is 6.85. The molecular formula is C15H17BrN2O4. The molecule has 1 atom stereocenters. The van der Waals surface area contributed by atoms with Gasteiger partial charge in [-0.1, -0.05) is 19.4 Å². The van der Waals surface area contributed by atoms with Crippen molar-refractivity contribution in [3.05, 3.63) is 39.5 Å². The van der Waals surface area contributed by atoms with Crippen molar-refractivity contribution in [2.24, 2.45) is 0 Å².